The predicted molar refractivity (Wildman–Crippen MR) is 123 cm³/mol. The molecule has 7 heteroatoms. The van der Waals surface area contributed by atoms with Gasteiger partial charge in [0.1, 0.15) is 11.5 Å². The van der Waals surface area contributed by atoms with Gasteiger partial charge in [-0.1, -0.05) is 32.9 Å². The van der Waals surface area contributed by atoms with Crippen molar-refractivity contribution in [3.05, 3.63) is 65.4 Å². The summed E-state index contributed by atoms with van der Waals surface area (Å²) in [6.07, 6.45) is 0.645. The highest BCUT2D eigenvalue weighted by Crippen LogP contribution is 2.34. The molecule has 170 valence electrons. The van der Waals surface area contributed by atoms with Gasteiger partial charge in [-0.2, -0.15) is 0 Å². The lowest BCUT2D eigenvalue weighted by Gasteiger charge is -2.26. The van der Waals surface area contributed by atoms with Crippen LogP contribution in [0.3, 0.4) is 0 Å². The normalized spacial score (nSPS) is 14.7. The first-order valence-corrected chi connectivity index (χ1v) is 11.0. The molecule has 2 aliphatic rings. The largest absolute Gasteiger partial charge is 0.461 e. The van der Waals surface area contributed by atoms with Gasteiger partial charge in [0.2, 0.25) is 12.7 Å². The molecule has 0 atom stereocenters. The van der Waals surface area contributed by atoms with Crippen molar-refractivity contribution in [1.29, 1.82) is 0 Å². The van der Waals surface area contributed by atoms with Crippen molar-refractivity contribution in [3.8, 4) is 22.8 Å². The van der Waals surface area contributed by atoms with Crippen LogP contribution < -0.4 is 14.8 Å². The number of benzene rings is 2. The van der Waals surface area contributed by atoms with Crippen molar-refractivity contribution in [2.45, 2.75) is 33.7 Å². The van der Waals surface area contributed by atoms with Crippen molar-refractivity contribution >= 4 is 17.5 Å². The monoisotopic (exact) mass is 446 g/mol. The van der Waals surface area contributed by atoms with Crippen LogP contribution >= 0.6 is 0 Å². The molecule has 0 radical (unpaired) electrons. The molecule has 3 aromatic rings. The highest BCUT2D eigenvalue weighted by Gasteiger charge is 2.27. The van der Waals surface area contributed by atoms with Crippen LogP contribution in [-0.2, 0) is 17.8 Å². The molecular weight excluding hydrogens is 420 g/mol. The smallest absolute Gasteiger partial charge is 0.254 e. The fourth-order valence-electron chi connectivity index (χ4n) is 3.93. The van der Waals surface area contributed by atoms with Crippen LogP contribution in [0.25, 0.3) is 11.3 Å². The lowest BCUT2D eigenvalue weighted by atomic mass is 9.95. The van der Waals surface area contributed by atoms with Gasteiger partial charge in [-0.05, 0) is 36.4 Å². The minimum Gasteiger partial charge on any atom is -0.461 e. The van der Waals surface area contributed by atoms with Gasteiger partial charge < -0.3 is 24.1 Å². The Hall–Kier alpha value is -3.74. The van der Waals surface area contributed by atoms with Crippen LogP contribution in [0.4, 0.5) is 5.69 Å². The molecule has 0 bridgehead atoms. The van der Waals surface area contributed by atoms with Gasteiger partial charge in [0.25, 0.3) is 5.91 Å². The number of rotatable bonds is 3. The van der Waals surface area contributed by atoms with Crippen LogP contribution in [0.5, 0.6) is 11.5 Å². The second kappa shape index (κ2) is 7.99. The third-order valence-corrected chi connectivity index (χ3v) is 5.86. The van der Waals surface area contributed by atoms with Crippen molar-refractivity contribution in [3.63, 3.8) is 0 Å². The van der Waals surface area contributed by atoms with Gasteiger partial charge in [-0.15, -0.1) is 0 Å². The van der Waals surface area contributed by atoms with Crippen molar-refractivity contribution in [2.75, 3.05) is 18.7 Å². The van der Waals surface area contributed by atoms with Crippen LogP contribution in [0.2, 0.25) is 0 Å². The van der Waals surface area contributed by atoms with Crippen LogP contribution in [-0.4, -0.2) is 30.1 Å². The summed E-state index contributed by atoms with van der Waals surface area (Å²) in [4.78, 5) is 27.2. The summed E-state index contributed by atoms with van der Waals surface area (Å²) in [5, 5.41) is 2.96. The fraction of sp³-hybridized carbons (Fsp3) is 0.308. The minimum absolute atomic E-state index is 0.0453. The Morgan fingerprint density at radius 3 is 2.64 bits per heavy atom. The zero-order valence-corrected chi connectivity index (χ0v) is 18.9. The number of anilines is 1. The maximum absolute atomic E-state index is 13.1. The van der Waals surface area contributed by atoms with E-state index in [1.165, 1.54) is 0 Å². The number of carbonyl (C=O) groups excluding carboxylic acids is 2. The highest BCUT2D eigenvalue weighted by atomic mass is 16.7. The van der Waals surface area contributed by atoms with Gasteiger partial charge in [-0.25, -0.2) is 0 Å². The quantitative estimate of drug-likeness (QED) is 0.622. The predicted octanol–water partition coefficient (Wildman–Crippen LogP) is 4.86. The molecule has 2 aromatic carbocycles. The van der Waals surface area contributed by atoms with Gasteiger partial charge in [0.15, 0.2) is 11.5 Å². The first kappa shape index (κ1) is 21.1. The third kappa shape index (κ3) is 4.18. The molecule has 2 amide bonds. The lowest BCUT2D eigenvalue weighted by Crippen LogP contribution is -2.35. The Bertz CT molecular complexity index is 1240. The molecule has 0 fully saturated rings. The van der Waals surface area contributed by atoms with E-state index in [4.69, 9.17) is 13.9 Å². The van der Waals surface area contributed by atoms with Crippen molar-refractivity contribution in [2.24, 2.45) is 5.41 Å². The Kier molecular flexibility index (Phi) is 5.12. The second-order valence-corrected chi connectivity index (χ2v) is 9.39. The standard InChI is InChI=1S/C26H26N2O5/c1-26(2,3)25(30)27-19-6-4-5-16(11-19)22-13-18-14-28(10-9-20(18)33-22)24(29)17-7-8-21-23(12-17)32-15-31-21/h4-8,11-13H,9-10,14-15H2,1-3H3,(H,27,30). The topological polar surface area (TPSA) is 81.0 Å². The zero-order chi connectivity index (χ0) is 23.2. The van der Waals surface area contributed by atoms with E-state index in [2.05, 4.69) is 5.32 Å². The molecule has 3 heterocycles. The number of hydrogen-bond donors (Lipinski definition) is 1. The molecule has 33 heavy (non-hydrogen) atoms. The summed E-state index contributed by atoms with van der Waals surface area (Å²) in [7, 11) is 0. The fourth-order valence-corrected chi connectivity index (χ4v) is 3.93. The maximum Gasteiger partial charge on any atom is 0.254 e. The Labute approximate surface area is 192 Å². The van der Waals surface area contributed by atoms with Crippen molar-refractivity contribution in [1.82, 2.24) is 4.90 Å². The first-order valence-electron chi connectivity index (χ1n) is 11.0. The number of ether oxygens (including phenoxy) is 2. The number of amides is 2. The molecule has 0 saturated heterocycles. The summed E-state index contributed by atoms with van der Waals surface area (Å²) in [5.41, 5.74) is 2.70. The summed E-state index contributed by atoms with van der Waals surface area (Å²) in [5.74, 6) is 2.79. The van der Waals surface area contributed by atoms with E-state index in [9.17, 15) is 9.59 Å². The van der Waals surface area contributed by atoms with E-state index in [1.807, 2.05) is 56.0 Å². The molecule has 0 spiro atoms. The van der Waals surface area contributed by atoms with E-state index in [-0.39, 0.29) is 18.6 Å². The number of hydrogen-bond acceptors (Lipinski definition) is 5. The summed E-state index contributed by atoms with van der Waals surface area (Å²) >= 11 is 0. The van der Waals surface area contributed by atoms with Crippen molar-refractivity contribution < 1.29 is 23.5 Å². The number of furan rings is 1. The highest BCUT2D eigenvalue weighted by molar-refractivity contribution is 5.95. The van der Waals surface area contributed by atoms with Crippen LogP contribution in [0.1, 0.15) is 42.5 Å². The minimum atomic E-state index is -0.478. The molecule has 2 aliphatic heterocycles. The van der Waals surface area contributed by atoms with E-state index in [1.54, 1.807) is 18.2 Å². The van der Waals surface area contributed by atoms with Crippen LogP contribution in [0, 0.1) is 5.41 Å². The number of fused-ring (bicyclic) bond motifs is 2. The summed E-state index contributed by atoms with van der Waals surface area (Å²) in [6, 6.07) is 14.9. The zero-order valence-electron chi connectivity index (χ0n) is 18.9. The molecule has 1 N–H and O–H groups in total. The number of carbonyl (C=O) groups is 2. The van der Waals surface area contributed by atoms with Gasteiger partial charge in [0, 0.05) is 47.3 Å². The van der Waals surface area contributed by atoms with Crippen LogP contribution in [0.15, 0.2) is 52.9 Å². The summed E-state index contributed by atoms with van der Waals surface area (Å²) < 4.78 is 16.9. The Balaban J connectivity index is 1.33. The lowest BCUT2D eigenvalue weighted by molar-refractivity contribution is -0.123. The van der Waals surface area contributed by atoms with E-state index < -0.39 is 5.41 Å². The average molecular weight is 447 g/mol. The number of nitrogens with one attached hydrogen (secondary N) is 1. The molecule has 0 unspecified atom stereocenters. The molecule has 1 aromatic heterocycles. The average Bonchev–Trinajstić information content (AvgIpc) is 3.44. The number of nitrogens with zero attached hydrogens (tertiary/aromatic N) is 1. The van der Waals surface area contributed by atoms with E-state index in [0.717, 1.165) is 28.3 Å². The molecule has 7 nitrogen and oxygen atoms in total. The molecule has 0 saturated carbocycles. The first-order chi connectivity index (χ1) is 15.8. The third-order valence-electron chi connectivity index (χ3n) is 5.86. The summed E-state index contributed by atoms with van der Waals surface area (Å²) in [6.45, 7) is 6.87. The van der Waals surface area contributed by atoms with Gasteiger partial charge in [0.05, 0.1) is 0 Å². The Morgan fingerprint density at radius 2 is 1.82 bits per heavy atom. The molecule has 0 aliphatic carbocycles. The Morgan fingerprint density at radius 1 is 1.00 bits per heavy atom. The SMILES string of the molecule is CC(C)(C)C(=O)Nc1cccc(-c2cc3c(o2)CCN(C(=O)c2ccc4c(c2)OCO4)C3)c1. The molecular formula is C26H26N2O5. The van der Waals surface area contributed by atoms with E-state index >= 15 is 0 Å². The van der Waals surface area contributed by atoms with Gasteiger partial charge in [-0.3, -0.25) is 9.59 Å². The van der Waals surface area contributed by atoms with Gasteiger partial charge >= 0.3 is 0 Å². The maximum atomic E-state index is 13.1. The molecule has 5 rings (SSSR count). The second-order valence-electron chi connectivity index (χ2n) is 9.39. The van der Waals surface area contributed by atoms with E-state index in [0.29, 0.717) is 36.6 Å².